The van der Waals surface area contributed by atoms with E-state index in [0.717, 1.165) is 40.0 Å². The molecule has 0 aliphatic carbocycles. The van der Waals surface area contributed by atoms with Crippen molar-refractivity contribution in [2.24, 2.45) is 0 Å². The molecule has 6 heteroatoms. The minimum atomic E-state index is -0.0458. The van der Waals surface area contributed by atoms with Crippen LogP contribution in [0.4, 0.5) is 11.4 Å². The van der Waals surface area contributed by atoms with E-state index in [9.17, 15) is 4.79 Å². The Bertz CT molecular complexity index is 1190. The van der Waals surface area contributed by atoms with E-state index in [1.807, 2.05) is 47.4 Å². The van der Waals surface area contributed by atoms with Crippen LogP contribution in [0.15, 0.2) is 60.9 Å². The van der Waals surface area contributed by atoms with Gasteiger partial charge in [-0.05, 0) is 48.7 Å². The summed E-state index contributed by atoms with van der Waals surface area (Å²) in [4.78, 5) is 25.4. The lowest BCUT2D eigenvalue weighted by Gasteiger charge is -2.29. The number of anilines is 2. The van der Waals surface area contributed by atoms with E-state index in [1.54, 1.807) is 12.4 Å². The van der Waals surface area contributed by atoms with E-state index in [2.05, 4.69) is 11.1 Å². The van der Waals surface area contributed by atoms with Gasteiger partial charge in [-0.25, -0.2) is 4.98 Å². The molecule has 28 heavy (non-hydrogen) atoms. The Morgan fingerprint density at radius 3 is 2.86 bits per heavy atom. The molecule has 5 rings (SSSR count). The molecule has 4 aromatic rings. The van der Waals surface area contributed by atoms with Crippen molar-refractivity contribution in [3.8, 4) is 11.3 Å². The van der Waals surface area contributed by atoms with E-state index >= 15 is 0 Å². The molecule has 0 radical (unpaired) electrons. The summed E-state index contributed by atoms with van der Waals surface area (Å²) in [6.07, 6.45) is 5.47. The Labute approximate surface area is 166 Å². The number of benzene rings is 1. The van der Waals surface area contributed by atoms with Gasteiger partial charge in [0, 0.05) is 35.6 Å². The van der Waals surface area contributed by atoms with Crippen LogP contribution in [-0.2, 0) is 6.42 Å². The number of nitrogen functional groups attached to an aromatic ring is 1. The van der Waals surface area contributed by atoms with Gasteiger partial charge in [0.2, 0.25) is 0 Å². The summed E-state index contributed by atoms with van der Waals surface area (Å²) in [6.45, 7) is 0.706. The molecule has 0 spiro atoms. The molecule has 1 aliphatic heterocycles. The molecule has 3 aromatic heterocycles. The van der Waals surface area contributed by atoms with E-state index in [-0.39, 0.29) is 5.91 Å². The molecule has 0 fully saturated rings. The summed E-state index contributed by atoms with van der Waals surface area (Å²) in [5.41, 5.74) is 10.8. The third-order valence-electron chi connectivity index (χ3n) is 5.10. The highest BCUT2D eigenvalue weighted by Gasteiger charge is 2.27. The Kier molecular flexibility index (Phi) is 4.06. The van der Waals surface area contributed by atoms with Crippen LogP contribution in [0, 0.1) is 0 Å². The number of carbonyl (C=O) groups is 1. The maximum atomic E-state index is 13.3. The van der Waals surface area contributed by atoms with Crippen LogP contribution in [-0.4, -0.2) is 22.4 Å². The number of amides is 1. The zero-order chi connectivity index (χ0) is 19.1. The van der Waals surface area contributed by atoms with Crippen LogP contribution in [0.3, 0.4) is 0 Å². The number of rotatable bonds is 2. The molecular formula is C22H18N4OS. The molecule has 1 amide bonds. The third-order valence-corrected chi connectivity index (χ3v) is 6.20. The number of nitrogens with two attached hydrogens (primary N) is 1. The molecule has 0 bridgehead atoms. The second kappa shape index (κ2) is 6.73. The summed E-state index contributed by atoms with van der Waals surface area (Å²) in [5.74, 6) is -0.0458. The van der Waals surface area contributed by atoms with Crippen molar-refractivity contribution < 1.29 is 4.79 Å². The van der Waals surface area contributed by atoms with E-state index < -0.39 is 0 Å². The van der Waals surface area contributed by atoms with Crippen LogP contribution < -0.4 is 10.6 Å². The number of hydrogen-bond acceptors (Lipinski definition) is 5. The van der Waals surface area contributed by atoms with Crippen molar-refractivity contribution in [1.82, 2.24) is 9.97 Å². The van der Waals surface area contributed by atoms with E-state index in [1.165, 1.54) is 16.9 Å². The summed E-state index contributed by atoms with van der Waals surface area (Å²) in [7, 11) is 0. The number of nitrogens with zero attached hydrogens (tertiary/aromatic N) is 3. The second-order valence-corrected chi connectivity index (χ2v) is 7.82. The lowest BCUT2D eigenvalue weighted by molar-refractivity contribution is 0.0990. The van der Waals surface area contributed by atoms with Gasteiger partial charge < -0.3 is 10.6 Å². The van der Waals surface area contributed by atoms with Crippen LogP contribution in [0.25, 0.3) is 21.5 Å². The minimum absolute atomic E-state index is 0.0458. The third kappa shape index (κ3) is 2.73. The van der Waals surface area contributed by atoms with Crippen molar-refractivity contribution in [2.75, 3.05) is 17.2 Å². The predicted molar refractivity (Wildman–Crippen MR) is 114 cm³/mol. The quantitative estimate of drug-likeness (QED) is 0.549. The van der Waals surface area contributed by atoms with Gasteiger partial charge in [0.15, 0.2) is 0 Å². The first-order valence-electron chi connectivity index (χ1n) is 9.21. The number of carbonyl (C=O) groups excluding carboxylic acids is 1. The molecule has 1 aliphatic rings. The van der Waals surface area contributed by atoms with Crippen LogP contribution >= 0.6 is 11.3 Å². The Morgan fingerprint density at radius 1 is 1.11 bits per heavy atom. The number of hydrogen-bond donors (Lipinski definition) is 1. The number of aryl methyl sites for hydroxylation is 1. The fourth-order valence-electron chi connectivity index (χ4n) is 3.70. The zero-order valence-corrected chi connectivity index (χ0v) is 15.9. The van der Waals surface area contributed by atoms with Crippen LogP contribution in [0.2, 0.25) is 0 Å². The highest BCUT2D eigenvalue weighted by Crippen LogP contribution is 2.37. The monoisotopic (exact) mass is 386 g/mol. The Morgan fingerprint density at radius 2 is 2.00 bits per heavy atom. The molecular weight excluding hydrogens is 368 g/mol. The molecule has 0 saturated carbocycles. The van der Waals surface area contributed by atoms with Crippen molar-refractivity contribution in [1.29, 1.82) is 0 Å². The van der Waals surface area contributed by atoms with Crippen LogP contribution in [0.1, 0.15) is 21.7 Å². The van der Waals surface area contributed by atoms with E-state index in [0.29, 0.717) is 17.1 Å². The summed E-state index contributed by atoms with van der Waals surface area (Å²) in [5, 5.41) is 0.825. The highest BCUT2D eigenvalue weighted by molar-refractivity contribution is 7.21. The highest BCUT2D eigenvalue weighted by atomic mass is 32.1. The molecule has 0 unspecified atom stereocenters. The lowest BCUT2D eigenvalue weighted by atomic mass is 10.0. The number of thiophene rings is 1. The van der Waals surface area contributed by atoms with Crippen molar-refractivity contribution >= 4 is 38.8 Å². The average Bonchev–Trinajstić information content (AvgIpc) is 3.09. The molecule has 4 heterocycles. The fourth-order valence-corrected chi connectivity index (χ4v) is 4.74. The largest absolute Gasteiger partial charge is 0.397 e. The topological polar surface area (TPSA) is 72.1 Å². The number of fused-ring (bicyclic) bond motifs is 2. The normalized spacial score (nSPS) is 13.5. The second-order valence-electron chi connectivity index (χ2n) is 6.82. The number of aromatic nitrogens is 2. The fraction of sp³-hybridized carbons (Fsp3) is 0.136. The first-order chi connectivity index (χ1) is 13.7. The summed E-state index contributed by atoms with van der Waals surface area (Å²) in [6, 6.07) is 15.8. The Balaban J connectivity index is 1.56. The van der Waals surface area contributed by atoms with Crippen molar-refractivity contribution in [3.05, 3.63) is 71.4 Å². The SMILES string of the molecule is Nc1c(C(=O)N2CCCc3ccccc32)sc2nc(-c3cccnc3)ccc12. The van der Waals surface area contributed by atoms with E-state index in [4.69, 9.17) is 10.7 Å². The summed E-state index contributed by atoms with van der Waals surface area (Å²) < 4.78 is 0. The van der Waals surface area contributed by atoms with Crippen LogP contribution in [0.5, 0.6) is 0 Å². The van der Waals surface area contributed by atoms with Gasteiger partial charge in [0.1, 0.15) is 9.71 Å². The summed E-state index contributed by atoms with van der Waals surface area (Å²) >= 11 is 1.36. The molecule has 0 saturated heterocycles. The zero-order valence-electron chi connectivity index (χ0n) is 15.1. The predicted octanol–water partition coefficient (Wildman–Crippen LogP) is 4.53. The number of para-hydroxylation sites is 1. The first kappa shape index (κ1) is 16.9. The lowest BCUT2D eigenvalue weighted by Crippen LogP contribution is -2.35. The molecule has 5 nitrogen and oxygen atoms in total. The molecule has 0 atom stereocenters. The average molecular weight is 386 g/mol. The van der Waals surface area contributed by atoms with Gasteiger partial charge >= 0.3 is 0 Å². The molecule has 2 N–H and O–H groups in total. The smallest absolute Gasteiger partial charge is 0.270 e. The maximum absolute atomic E-state index is 13.3. The van der Waals surface area contributed by atoms with Gasteiger partial charge in [-0.3, -0.25) is 9.78 Å². The Hall–Kier alpha value is -3.25. The van der Waals surface area contributed by atoms with Gasteiger partial charge in [0.05, 0.1) is 11.4 Å². The van der Waals surface area contributed by atoms with Crippen molar-refractivity contribution in [2.45, 2.75) is 12.8 Å². The van der Waals surface area contributed by atoms with Gasteiger partial charge in [-0.15, -0.1) is 11.3 Å². The maximum Gasteiger partial charge on any atom is 0.270 e. The van der Waals surface area contributed by atoms with Gasteiger partial charge in [-0.1, -0.05) is 18.2 Å². The van der Waals surface area contributed by atoms with Gasteiger partial charge in [-0.2, -0.15) is 0 Å². The number of pyridine rings is 2. The minimum Gasteiger partial charge on any atom is -0.397 e. The van der Waals surface area contributed by atoms with Crippen molar-refractivity contribution in [3.63, 3.8) is 0 Å². The molecule has 1 aromatic carbocycles. The first-order valence-corrected chi connectivity index (χ1v) is 10.0. The van der Waals surface area contributed by atoms with Gasteiger partial charge in [0.25, 0.3) is 5.91 Å². The molecule has 138 valence electrons. The standard InChI is InChI=1S/C22H18N4OS/c23-19-16-9-10-17(15-6-3-11-24-13-15)25-21(16)28-20(19)22(27)26-12-4-7-14-5-1-2-8-18(14)26/h1-3,5-6,8-11,13H,4,7,12,23H2.